The first-order valence-electron chi connectivity index (χ1n) is 5.45. The number of rotatable bonds is 6. The molecular formula is C10H14N6O2. The van der Waals surface area contributed by atoms with Gasteiger partial charge in [-0.2, -0.15) is 10.2 Å². The minimum absolute atomic E-state index is 0.159. The van der Waals surface area contributed by atoms with Gasteiger partial charge in [0.25, 0.3) is 0 Å². The Morgan fingerprint density at radius 1 is 1.67 bits per heavy atom. The van der Waals surface area contributed by atoms with Gasteiger partial charge in [0, 0.05) is 20.1 Å². The van der Waals surface area contributed by atoms with E-state index in [1.54, 1.807) is 11.9 Å². The van der Waals surface area contributed by atoms with Crippen molar-refractivity contribution in [2.24, 2.45) is 0 Å². The van der Waals surface area contributed by atoms with Gasteiger partial charge in [-0.3, -0.25) is 10.1 Å². The predicted molar refractivity (Wildman–Crippen MR) is 66.4 cm³/mol. The SMILES string of the molecule is CCN(CCC#N)c1nc(NC)ncc1[N+](=O)[O-]. The molecule has 1 rings (SSSR count). The summed E-state index contributed by atoms with van der Waals surface area (Å²) in [5.74, 6) is 0.545. The third-order valence-corrected chi connectivity index (χ3v) is 2.35. The summed E-state index contributed by atoms with van der Waals surface area (Å²) in [6, 6.07) is 2.01. The van der Waals surface area contributed by atoms with Crippen molar-refractivity contribution in [1.29, 1.82) is 5.26 Å². The maximum atomic E-state index is 10.9. The summed E-state index contributed by atoms with van der Waals surface area (Å²) in [4.78, 5) is 20.0. The smallest absolute Gasteiger partial charge is 0.329 e. The molecule has 0 aliphatic rings. The number of hydrogen-bond acceptors (Lipinski definition) is 7. The molecule has 0 spiro atoms. The first kappa shape index (κ1) is 13.6. The van der Waals surface area contributed by atoms with E-state index in [2.05, 4.69) is 15.3 Å². The van der Waals surface area contributed by atoms with Crippen molar-refractivity contribution in [2.75, 3.05) is 30.4 Å². The lowest BCUT2D eigenvalue weighted by Gasteiger charge is -2.20. The Kier molecular flexibility index (Phi) is 4.80. The highest BCUT2D eigenvalue weighted by Crippen LogP contribution is 2.25. The Balaban J connectivity index is 3.16. The zero-order valence-corrected chi connectivity index (χ0v) is 10.3. The lowest BCUT2D eigenvalue weighted by atomic mass is 10.3. The molecule has 96 valence electrons. The van der Waals surface area contributed by atoms with Gasteiger partial charge in [-0.1, -0.05) is 0 Å². The minimum atomic E-state index is -0.524. The van der Waals surface area contributed by atoms with Crippen molar-refractivity contribution in [3.63, 3.8) is 0 Å². The summed E-state index contributed by atoms with van der Waals surface area (Å²) >= 11 is 0. The maximum absolute atomic E-state index is 10.9. The standard InChI is InChI=1S/C10H14N6O2/c1-3-15(6-4-5-11)9-8(16(17)18)7-13-10(12-2)14-9/h7H,3-4,6H2,1-2H3,(H,12,13,14). The third-order valence-electron chi connectivity index (χ3n) is 2.35. The average Bonchev–Trinajstić information content (AvgIpc) is 2.39. The molecule has 1 heterocycles. The Morgan fingerprint density at radius 2 is 2.39 bits per heavy atom. The van der Waals surface area contributed by atoms with Gasteiger partial charge in [0.2, 0.25) is 11.8 Å². The van der Waals surface area contributed by atoms with Gasteiger partial charge < -0.3 is 10.2 Å². The van der Waals surface area contributed by atoms with Crippen LogP contribution in [0.1, 0.15) is 13.3 Å². The number of hydrogen-bond donors (Lipinski definition) is 1. The molecule has 0 aromatic carbocycles. The van der Waals surface area contributed by atoms with Gasteiger partial charge in [0.05, 0.1) is 17.4 Å². The lowest BCUT2D eigenvalue weighted by molar-refractivity contribution is -0.384. The van der Waals surface area contributed by atoms with Crippen LogP contribution in [-0.4, -0.2) is 35.0 Å². The lowest BCUT2D eigenvalue weighted by Crippen LogP contribution is -2.26. The molecule has 0 bridgehead atoms. The van der Waals surface area contributed by atoms with Crippen LogP contribution >= 0.6 is 0 Å². The normalized spacial score (nSPS) is 9.61. The largest absolute Gasteiger partial charge is 0.357 e. The number of nitro groups is 1. The molecule has 1 aromatic heterocycles. The fourth-order valence-electron chi connectivity index (χ4n) is 1.45. The molecule has 0 aliphatic carbocycles. The highest BCUT2D eigenvalue weighted by molar-refractivity contribution is 5.58. The molecule has 8 nitrogen and oxygen atoms in total. The predicted octanol–water partition coefficient (Wildman–Crippen LogP) is 1.17. The van der Waals surface area contributed by atoms with Crippen LogP contribution in [0, 0.1) is 21.4 Å². The summed E-state index contributed by atoms with van der Waals surface area (Å²) < 4.78 is 0. The van der Waals surface area contributed by atoms with E-state index in [0.29, 0.717) is 19.0 Å². The van der Waals surface area contributed by atoms with E-state index in [4.69, 9.17) is 5.26 Å². The van der Waals surface area contributed by atoms with E-state index >= 15 is 0 Å². The van der Waals surface area contributed by atoms with E-state index in [1.165, 1.54) is 6.20 Å². The summed E-state index contributed by atoms with van der Waals surface area (Å²) in [6.45, 7) is 2.78. The minimum Gasteiger partial charge on any atom is -0.357 e. The van der Waals surface area contributed by atoms with Crippen LogP contribution in [0.5, 0.6) is 0 Å². The number of nitrogens with one attached hydrogen (secondary N) is 1. The van der Waals surface area contributed by atoms with Crippen molar-refractivity contribution in [2.45, 2.75) is 13.3 Å². The highest BCUT2D eigenvalue weighted by atomic mass is 16.6. The summed E-state index contributed by atoms with van der Waals surface area (Å²) in [6.07, 6.45) is 1.45. The Morgan fingerprint density at radius 3 is 2.89 bits per heavy atom. The van der Waals surface area contributed by atoms with E-state index < -0.39 is 4.92 Å². The molecule has 0 saturated carbocycles. The van der Waals surface area contributed by atoms with Crippen molar-refractivity contribution < 1.29 is 4.92 Å². The van der Waals surface area contributed by atoms with Crippen LogP contribution in [0.4, 0.5) is 17.5 Å². The third kappa shape index (κ3) is 3.04. The first-order valence-corrected chi connectivity index (χ1v) is 5.45. The van der Waals surface area contributed by atoms with Gasteiger partial charge in [-0.15, -0.1) is 0 Å². The Labute approximate surface area is 104 Å². The van der Waals surface area contributed by atoms with Gasteiger partial charge in [-0.05, 0) is 6.92 Å². The Hall–Kier alpha value is -2.43. The van der Waals surface area contributed by atoms with Gasteiger partial charge in [0.15, 0.2) is 0 Å². The molecule has 0 amide bonds. The summed E-state index contributed by atoms with van der Waals surface area (Å²) in [5.41, 5.74) is -0.159. The molecule has 8 heteroatoms. The van der Waals surface area contributed by atoms with E-state index in [0.717, 1.165) is 0 Å². The summed E-state index contributed by atoms with van der Waals surface area (Å²) in [7, 11) is 1.64. The van der Waals surface area contributed by atoms with E-state index in [9.17, 15) is 10.1 Å². The van der Waals surface area contributed by atoms with Crippen LogP contribution in [0.3, 0.4) is 0 Å². The molecule has 1 N–H and O–H groups in total. The second kappa shape index (κ2) is 6.34. The van der Waals surface area contributed by atoms with Crippen molar-refractivity contribution >= 4 is 17.5 Å². The average molecular weight is 250 g/mol. The van der Waals surface area contributed by atoms with Crippen molar-refractivity contribution in [1.82, 2.24) is 9.97 Å². The summed E-state index contributed by atoms with van der Waals surface area (Å²) in [5, 5.41) is 22.2. The molecule has 0 radical (unpaired) electrons. The molecule has 0 atom stereocenters. The van der Waals surface area contributed by atoms with Crippen molar-refractivity contribution in [3.8, 4) is 6.07 Å². The zero-order chi connectivity index (χ0) is 13.5. The zero-order valence-electron chi connectivity index (χ0n) is 10.3. The van der Waals surface area contributed by atoms with Gasteiger partial charge in [-0.25, -0.2) is 4.98 Å². The number of nitrogens with zero attached hydrogens (tertiary/aromatic N) is 5. The van der Waals surface area contributed by atoms with Crippen LogP contribution < -0.4 is 10.2 Å². The molecule has 0 unspecified atom stereocenters. The molecule has 0 aliphatic heterocycles. The highest BCUT2D eigenvalue weighted by Gasteiger charge is 2.21. The quantitative estimate of drug-likeness (QED) is 0.596. The van der Waals surface area contributed by atoms with Crippen LogP contribution in [0.2, 0.25) is 0 Å². The first-order chi connectivity index (χ1) is 8.63. The number of anilines is 2. The fourth-order valence-corrected chi connectivity index (χ4v) is 1.45. The van der Waals surface area contributed by atoms with Gasteiger partial charge >= 0.3 is 5.69 Å². The van der Waals surface area contributed by atoms with Crippen LogP contribution in [0.25, 0.3) is 0 Å². The molecule has 18 heavy (non-hydrogen) atoms. The second-order valence-corrected chi connectivity index (χ2v) is 3.40. The number of aromatic nitrogens is 2. The molecule has 0 saturated heterocycles. The maximum Gasteiger partial charge on any atom is 0.329 e. The van der Waals surface area contributed by atoms with E-state index in [1.807, 2.05) is 13.0 Å². The number of nitriles is 1. The van der Waals surface area contributed by atoms with E-state index in [-0.39, 0.29) is 17.9 Å². The molecule has 1 aromatic rings. The second-order valence-electron chi connectivity index (χ2n) is 3.40. The van der Waals surface area contributed by atoms with Crippen LogP contribution in [-0.2, 0) is 0 Å². The topological polar surface area (TPSA) is 108 Å². The molecule has 0 fully saturated rings. The Bertz CT molecular complexity index is 470. The fraction of sp³-hybridized carbons (Fsp3) is 0.500. The monoisotopic (exact) mass is 250 g/mol. The molecular weight excluding hydrogens is 236 g/mol. The van der Waals surface area contributed by atoms with Crippen LogP contribution in [0.15, 0.2) is 6.20 Å². The van der Waals surface area contributed by atoms with Crippen molar-refractivity contribution in [3.05, 3.63) is 16.3 Å². The van der Waals surface area contributed by atoms with Gasteiger partial charge in [0.1, 0.15) is 6.20 Å².